The fourth-order valence-electron chi connectivity index (χ4n) is 2.24. The molecule has 0 N–H and O–H groups in total. The Labute approximate surface area is 140 Å². The van der Waals surface area contributed by atoms with Crippen LogP contribution in [0.5, 0.6) is 0 Å². The van der Waals surface area contributed by atoms with E-state index in [1.807, 2.05) is 43.3 Å². The van der Waals surface area contributed by atoms with Crippen molar-refractivity contribution in [3.05, 3.63) is 69.9 Å². The molecule has 0 aliphatic heterocycles. The summed E-state index contributed by atoms with van der Waals surface area (Å²) < 4.78 is 1.69. The molecule has 0 fully saturated rings. The largest absolute Gasteiger partial charge is 0.805 e. The molecule has 3 rings (SSSR count). The minimum Gasteiger partial charge on any atom is -0.805 e. The predicted octanol–water partition coefficient (Wildman–Crippen LogP) is 4.26. The first-order valence-corrected chi connectivity index (χ1v) is 8.63. The summed E-state index contributed by atoms with van der Waals surface area (Å²) in [6, 6.07) is 14.8. The summed E-state index contributed by atoms with van der Waals surface area (Å²) in [4.78, 5) is 13.7. The molecule has 0 radical (unpaired) electrons. The van der Waals surface area contributed by atoms with Gasteiger partial charge >= 0.3 is 5.03 Å². The van der Waals surface area contributed by atoms with Gasteiger partial charge in [-0.15, -0.1) is 0 Å². The number of hydrogen-bond acceptors (Lipinski definition) is 3. The van der Waals surface area contributed by atoms with Crippen molar-refractivity contribution in [1.82, 2.24) is 4.73 Å². The van der Waals surface area contributed by atoms with Crippen molar-refractivity contribution in [1.29, 1.82) is 0 Å². The lowest BCUT2D eigenvalue weighted by molar-refractivity contribution is -0.510. The third kappa shape index (κ3) is 2.64. The molecular weight excluding hydrogens is 364 g/mol. The fraction of sp³-hybridized carbons (Fsp3) is 0.125. The molecule has 2 aromatic carbocycles. The van der Waals surface area contributed by atoms with Crippen molar-refractivity contribution >= 4 is 38.7 Å². The molecule has 0 aliphatic carbocycles. The highest BCUT2D eigenvalue weighted by Crippen LogP contribution is 2.30. The van der Waals surface area contributed by atoms with E-state index < -0.39 is 0 Å². The average Bonchev–Trinajstić information content (AvgIpc) is 2.53. The first kappa shape index (κ1) is 15.1. The second kappa shape index (κ2) is 6.14. The maximum absolute atomic E-state index is 12.7. The van der Waals surface area contributed by atoms with Gasteiger partial charge in [0.25, 0.3) is 5.52 Å². The normalized spacial score (nSPS) is 11.0. The zero-order valence-corrected chi connectivity index (χ0v) is 14.2. The van der Waals surface area contributed by atoms with Crippen molar-refractivity contribution in [2.24, 2.45) is 0 Å². The Morgan fingerprint density at radius 3 is 2.64 bits per heavy atom. The standard InChI is InChI=1S/C16H13BrN2O2S/c1-11-7-8-13-14(9-11)19(21)16(15(10-17)18(13)20)22-12-5-3-2-4-6-12/h2-9H,10H2,1H3. The van der Waals surface area contributed by atoms with Crippen LogP contribution < -0.4 is 4.43 Å². The van der Waals surface area contributed by atoms with Gasteiger partial charge in [-0.1, -0.05) is 40.2 Å². The van der Waals surface area contributed by atoms with E-state index in [4.69, 9.17) is 0 Å². The molecule has 0 unspecified atom stereocenters. The molecule has 0 atom stereocenters. The number of hydrogen-bond donors (Lipinski definition) is 0. The smallest absolute Gasteiger partial charge is 0.321 e. The third-order valence-electron chi connectivity index (χ3n) is 3.33. The number of halogens is 1. The van der Waals surface area contributed by atoms with Gasteiger partial charge in [0.2, 0.25) is 0 Å². The maximum Gasteiger partial charge on any atom is 0.321 e. The molecule has 0 amide bonds. The topological polar surface area (TPSA) is 51.0 Å². The van der Waals surface area contributed by atoms with Gasteiger partial charge in [0.1, 0.15) is 11.2 Å². The summed E-state index contributed by atoms with van der Waals surface area (Å²) in [7, 11) is 0. The van der Waals surface area contributed by atoms with E-state index >= 15 is 0 Å². The molecule has 6 heteroatoms. The van der Waals surface area contributed by atoms with Crippen molar-refractivity contribution in [3.63, 3.8) is 0 Å². The van der Waals surface area contributed by atoms with Crippen LogP contribution >= 0.6 is 27.7 Å². The molecule has 0 saturated carbocycles. The number of aryl methyl sites for hydroxylation is 1. The summed E-state index contributed by atoms with van der Waals surface area (Å²) in [6.07, 6.45) is 0. The number of nitrogens with zero attached hydrogens (tertiary/aromatic N) is 2. The third-order valence-corrected chi connectivity index (χ3v) is 4.96. The lowest BCUT2D eigenvalue weighted by Gasteiger charge is -2.17. The molecule has 1 heterocycles. The van der Waals surface area contributed by atoms with Crippen LogP contribution in [0.15, 0.2) is 58.5 Å². The van der Waals surface area contributed by atoms with Crippen molar-refractivity contribution in [2.45, 2.75) is 22.2 Å². The van der Waals surface area contributed by atoms with E-state index in [2.05, 4.69) is 15.9 Å². The Morgan fingerprint density at radius 1 is 1.23 bits per heavy atom. The molecule has 112 valence electrons. The summed E-state index contributed by atoms with van der Waals surface area (Å²) in [5, 5.41) is 13.3. The van der Waals surface area contributed by atoms with E-state index in [9.17, 15) is 10.1 Å². The minimum absolute atomic E-state index is 0.317. The zero-order chi connectivity index (χ0) is 15.7. The van der Waals surface area contributed by atoms with E-state index in [0.717, 1.165) is 19.6 Å². The van der Waals surface area contributed by atoms with Gasteiger partial charge < -0.3 is 9.94 Å². The number of rotatable bonds is 3. The van der Waals surface area contributed by atoms with Crippen molar-refractivity contribution in [3.8, 4) is 0 Å². The first-order chi connectivity index (χ1) is 10.6. The van der Waals surface area contributed by atoms with Crippen LogP contribution in [0.4, 0.5) is 0 Å². The molecule has 0 spiro atoms. The first-order valence-electron chi connectivity index (χ1n) is 6.69. The monoisotopic (exact) mass is 376 g/mol. The van der Waals surface area contributed by atoms with E-state index in [1.165, 1.54) is 11.8 Å². The Kier molecular flexibility index (Phi) is 4.22. The highest BCUT2D eigenvalue weighted by atomic mass is 79.9. The van der Waals surface area contributed by atoms with E-state index in [1.54, 1.807) is 12.1 Å². The molecular formula is C16H13BrN2O2S. The molecule has 3 aromatic rings. The Balaban J connectivity index is 2.28. The second-order valence-electron chi connectivity index (χ2n) is 4.88. The zero-order valence-electron chi connectivity index (χ0n) is 11.8. The predicted molar refractivity (Wildman–Crippen MR) is 92.0 cm³/mol. The molecule has 22 heavy (non-hydrogen) atoms. The van der Waals surface area contributed by atoms with Gasteiger partial charge in [0, 0.05) is 15.9 Å². The van der Waals surface area contributed by atoms with Crippen LogP contribution in [-0.2, 0) is 5.33 Å². The Hall–Kier alpha value is -1.79. The summed E-state index contributed by atoms with van der Waals surface area (Å²) in [5.41, 5.74) is 2.13. The second-order valence-corrected chi connectivity index (χ2v) is 6.50. The van der Waals surface area contributed by atoms with Crippen LogP contribution in [-0.4, -0.2) is 4.73 Å². The molecule has 0 bridgehead atoms. The van der Waals surface area contributed by atoms with Gasteiger partial charge in [-0.05, 0) is 42.4 Å². The van der Waals surface area contributed by atoms with Crippen molar-refractivity contribution < 1.29 is 4.43 Å². The summed E-state index contributed by atoms with van der Waals surface area (Å²) in [5.74, 6) is 0. The van der Waals surface area contributed by atoms with Gasteiger partial charge in [-0.3, -0.25) is 0 Å². The molecule has 0 saturated heterocycles. The van der Waals surface area contributed by atoms with Crippen LogP contribution in [0.25, 0.3) is 11.0 Å². The van der Waals surface area contributed by atoms with Gasteiger partial charge in [0.05, 0.1) is 9.76 Å². The van der Waals surface area contributed by atoms with Crippen molar-refractivity contribution in [2.75, 3.05) is 0 Å². The van der Waals surface area contributed by atoms with E-state index in [0.29, 0.717) is 27.1 Å². The van der Waals surface area contributed by atoms with Gasteiger partial charge in [-0.25, -0.2) is 0 Å². The number of alkyl halides is 1. The maximum atomic E-state index is 12.7. The fourth-order valence-corrected chi connectivity index (χ4v) is 3.89. The average molecular weight is 377 g/mol. The SMILES string of the molecule is Cc1ccc2c(c1)[n+](=O)c(Sc1ccccc1)c(CBr)n2[O-]. The number of fused-ring (bicyclic) bond motifs is 1. The molecule has 1 aromatic heterocycles. The van der Waals surface area contributed by atoms with Crippen LogP contribution in [0.1, 0.15) is 11.3 Å². The minimum atomic E-state index is 0.317. The quantitative estimate of drug-likeness (QED) is 0.506. The van der Waals surface area contributed by atoms with E-state index in [-0.39, 0.29) is 0 Å². The van der Waals surface area contributed by atoms with Crippen LogP contribution in [0.2, 0.25) is 0 Å². The summed E-state index contributed by atoms with van der Waals surface area (Å²) >= 11 is 4.62. The Morgan fingerprint density at radius 2 is 1.95 bits per heavy atom. The highest BCUT2D eigenvalue weighted by Gasteiger charge is 2.23. The number of aromatic nitrogens is 2. The van der Waals surface area contributed by atoms with Crippen LogP contribution in [0, 0.1) is 17.0 Å². The highest BCUT2D eigenvalue weighted by molar-refractivity contribution is 9.08. The lowest BCUT2D eigenvalue weighted by atomic mass is 10.2. The van der Waals surface area contributed by atoms with Gasteiger partial charge in [-0.2, -0.15) is 0 Å². The summed E-state index contributed by atoms with van der Waals surface area (Å²) in [6.45, 7) is 1.90. The van der Waals surface area contributed by atoms with Crippen LogP contribution in [0.3, 0.4) is 0 Å². The Bertz CT molecular complexity index is 894. The molecule has 4 nitrogen and oxygen atoms in total. The molecule has 0 aliphatic rings. The van der Waals surface area contributed by atoms with Gasteiger partial charge in [0.15, 0.2) is 0 Å². The number of benzene rings is 2. The lowest BCUT2D eigenvalue weighted by Crippen LogP contribution is -2.24.